The quantitative estimate of drug-likeness (QED) is 0.706. The molecule has 0 saturated carbocycles. The molecule has 0 unspecified atom stereocenters. The predicted molar refractivity (Wildman–Crippen MR) is 50.5 cm³/mol. The predicted octanol–water partition coefficient (Wildman–Crippen LogP) is 1.13. The summed E-state index contributed by atoms with van der Waals surface area (Å²) in [4.78, 5) is 4.19. The first-order valence-electron chi connectivity index (χ1n) is 4.66. The van der Waals surface area contributed by atoms with E-state index in [0.29, 0.717) is 11.9 Å². The monoisotopic (exact) mass is 181 g/mol. The highest BCUT2D eigenvalue weighted by Crippen LogP contribution is 2.22. The molecule has 0 bridgehead atoms. The van der Waals surface area contributed by atoms with Gasteiger partial charge in [-0.05, 0) is 19.8 Å². The molecular weight excluding hydrogens is 166 g/mol. The van der Waals surface area contributed by atoms with E-state index in [1.807, 2.05) is 13.1 Å². The van der Waals surface area contributed by atoms with E-state index >= 15 is 0 Å². The zero-order valence-electron chi connectivity index (χ0n) is 7.86. The number of nitrogen functional groups attached to an aromatic ring is 1. The molecule has 0 aliphatic carbocycles. The number of hydrogen-bond donors (Lipinski definition) is 1. The van der Waals surface area contributed by atoms with Crippen LogP contribution in [0.3, 0.4) is 0 Å². The summed E-state index contributed by atoms with van der Waals surface area (Å²) in [7, 11) is 0. The van der Waals surface area contributed by atoms with Gasteiger partial charge in [-0.15, -0.1) is 0 Å². The summed E-state index contributed by atoms with van der Waals surface area (Å²) in [5.74, 6) is 1.62. The third-order valence-electron chi connectivity index (χ3n) is 2.52. The minimum Gasteiger partial charge on any atom is -0.382 e. The maximum atomic E-state index is 5.62. The molecule has 2 N–H and O–H groups in total. The molecule has 0 spiro atoms. The van der Waals surface area contributed by atoms with Gasteiger partial charge >= 0.3 is 0 Å². The van der Waals surface area contributed by atoms with Gasteiger partial charge in [0.1, 0.15) is 11.6 Å². The summed E-state index contributed by atoms with van der Waals surface area (Å²) in [6, 6.07) is 0.526. The van der Waals surface area contributed by atoms with Gasteiger partial charge in [0.05, 0.1) is 0 Å². The molecule has 2 rings (SSSR count). The Bertz CT molecular complexity index is 289. The van der Waals surface area contributed by atoms with E-state index in [1.54, 1.807) is 0 Å². The van der Waals surface area contributed by atoms with Crippen LogP contribution in [-0.2, 0) is 4.74 Å². The van der Waals surface area contributed by atoms with Crippen LogP contribution in [-0.4, -0.2) is 22.8 Å². The number of ether oxygens (including phenoxy) is 1. The van der Waals surface area contributed by atoms with Crippen LogP contribution in [0.2, 0.25) is 0 Å². The zero-order chi connectivity index (χ0) is 9.26. The lowest BCUT2D eigenvalue weighted by molar-refractivity contribution is 0.0690. The van der Waals surface area contributed by atoms with Gasteiger partial charge in [0.15, 0.2) is 0 Å². The molecule has 0 aromatic carbocycles. The molecule has 0 radical (unpaired) electrons. The van der Waals surface area contributed by atoms with Gasteiger partial charge in [-0.1, -0.05) is 0 Å². The van der Waals surface area contributed by atoms with Gasteiger partial charge in [0.25, 0.3) is 0 Å². The second-order valence-corrected chi connectivity index (χ2v) is 3.46. The van der Waals surface area contributed by atoms with Gasteiger partial charge < -0.3 is 15.0 Å². The molecule has 2 heterocycles. The summed E-state index contributed by atoms with van der Waals surface area (Å²) in [5, 5.41) is 0. The first-order chi connectivity index (χ1) is 6.27. The van der Waals surface area contributed by atoms with Crippen molar-refractivity contribution in [2.24, 2.45) is 0 Å². The Kier molecular flexibility index (Phi) is 2.22. The second kappa shape index (κ2) is 3.38. The van der Waals surface area contributed by atoms with Crippen molar-refractivity contribution in [3.05, 3.63) is 12.0 Å². The second-order valence-electron chi connectivity index (χ2n) is 3.46. The lowest BCUT2D eigenvalue weighted by Crippen LogP contribution is -2.19. The Hall–Kier alpha value is -1.03. The van der Waals surface area contributed by atoms with Crippen molar-refractivity contribution >= 4 is 5.82 Å². The van der Waals surface area contributed by atoms with E-state index in [-0.39, 0.29) is 0 Å². The molecule has 4 nitrogen and oxygen atoms in total. The smallest absolute Gasteiger partial charge is 0.141 e. The van der Waals surface area contributed by atoms with Crippen molar-refractivity contribution in [1.82, 2.24) is 9.55 Å². The van der Waals surface area contributed by atoms with Crippen molar-refractivity contribution in [2.45, 2.75) is 25.8 Å². The van der Waals surface area contributed by atoms with Crippen LogP contribution in [0.4, 0.5) is 5.82 Å². The van der Waals surface area contributed by atoms with Crippen LogP contribution in [0, 0.1) is 6.92 Å². The Labute approximate surface area is 77.7 Å². The van der Waals surface area contributed by atoms with Crippen molar-refractivity contribution in [1.29, 1.82) is 0 Å². The van der Waals surface area contributed by atoms with Crippen LogP contribution >= 0.6 is 0 Å². The Morgan fingerprint density at radius 1 is 1.54 bits per heavy atom. The average Bonchev–Trinajstić information content (AvgIpc) is 2.47. The van der Waals surface area contributed by atoms with E-state index in [9.17, 15) is 0 Å². The number of aryl methyl sites for hydroxylation is 1. The van der Waals surface area contributed by atoms with Crippen molar-refractivity contribution in [2.75, 3.05) is 18.9 Å². The standard InChI is InChI=1S/C9H15N3O/c1-7-11-9(10)6-12(7)8-2-4-13-5-3-8/h6,8H,2-5,10H2,1H3. The maximum absolute atomic E-state index is 5.62. The molecule has 1 aromatic heterocycles. The molecule has 0 amide bonds. The minimum atomic E-state index is 0.526. The molecule has 1 aliphatic rings. The van der Waals surface area contributed by atoms with Gasteiger partial charge in [0.2, 0.25) is 0 Å². The lowest BCUT2D eigenvalue weighted by Gasteiger charge is -2.24. The van der Waals surface area contributed by atoms with Gasteiger partial charge in [-0.25, -0.2) is 4.98 Å². The summed E-state index contributed by atoms with van der Waals surface area (Å²) >= 11 is 0. The summed E-state index contributed by atoms with van der Waals surface area (Å²) in [6.45, 7) is 3.69. The van der Waals surface area contributed by atoms with Gasteiger partial charge in [-0.3, -0.25) is 0 Å². The van der Waals surface area contributed by atoms with Gasteiger partial charge in [0, 0.05) is 25.5 Å². The molecule has 1 fully saturated rings. The van der Waals surface area contributed by atoms with Crippen molar-refractivity contribution < 1.29 is 4.74 Å². The Morgan fingerprint density at radius 3 is 2.77 bits per heavy atom. The number of hydrogen-bond acceptors (Lipinski definition) is 3. The van der Waals surface area contributed by atoms with E-state index in [4.69, 9.17) is 10.5 Å². The number of aromatic nitrogens is 2. The van der Waals surface area contributed by atoms with Crippen LogP contribution in [0.1, 0.15) is 24.7 Å². The highest BCUT2D eigenvalue weighted by atomic mass is 16.5. The number of nitrogens with zero attached hydrogens (tertiary/aromatic N) is 2. The highest BCUT2D eigenvalue weighted by Gasteiger charge is 2.17. The normalized spacial score (nSPS) is 19.2. The van der Waals surface area contributed by atoms with Gasteiger partial charge in [-0.2, -0.15) is 0 Å². The highest BCUT2D eigenvalue weighted by molar-refractivity contribution is 5.26. The molecule has 1 aliphatic heterocycles. The number of nitrogens with two attached hydrogens (primary N) is 1. The molecular formula is C9H15N3O. The van der Waals surface area contributed by atoms with Crippen molar-refractivity contribution in [3.8, 4) is 0 Å². The minimum absolute atomic E-state index is 0.526. The van der Waals surface area contributed by atoms with Crippen molar-refractivity contribution in [3.63, 3.8) is 0 Å². The van der Waals surface area contributed by atoms with Crippen LogP contribution in [0.5, 0.6) is 0 Å². The molecule has 13 heavy (non-hydrogen) atoms. The molecule has 1 aromatic rings. The van der Waals surface area contributed by atoms with Crippen LogP contribution in [0.25, 0.3) is 0 Å². The fourth-order valence-electron chi connectivity index (χ4n) is 1.84. The van der Waals surface area contributed by atoms with Crippen LogP contribution in [0.15, 0.2) is 6.20 Å². The average molecular weight is 181 g/mol. The van der Waals surface area contributed by atoms with E-state index in [1.165, 1.54) is 0 Å². The fourth-order valence-corrected chi connectivity index (χ4v) is 1.84. The Morgan fingerprint density at radius 2 is 2.23 bits per heavy atom. The number of rotatable bonds is 1. The maximum Gasteiger partial charge on any atom is 0.141 e. The fraction of sp³-hybridized carbons (Fsp3) is 0.667. The molecule has 72 valence electrons. The third-order valence-corrected chi connectivity index (χ3v) is 2.52. The van der Waals surface area contributed by atoms with E-state index in [0.717, 1.165) is 31.9 Å². The number of anilines is 1. The first kappa shape index (κ1) is 8.56. The Balaban J connectivity index is 2.18. The third kappa shape index (κ3) is 1.67. The zero-order valence-corrected chi connectivity index (χ0v) is 7.86. The largest absolute Gasteiger partial charge is 0.382 e. The van der Waals surface area contributed by atoms with E-state index < -0.39 is 0 Å². The van der Waals surface area contributed by atoms with E-state index in [2.05, 4.69) is 9.55 Å². The topological polar surface area (TPSA) is 53.1 Å². The molecule has 1 saturated heterocycles. The SMILES string of the molecule is Cc1nc(N)cn1C1CCOCC1. The summed E-state index contributed by atoms with van der Waals surface area (Å²) in [6.07, 6.45) is 4.05. The number of imidazole rings is 1. The van der Waals surface area contributed by atoms with Crippen LogP contribution < -0.4 is 5.73 Å². The molecule has 4 heteroatoms. The molecule has 0 atom stereocenters. The lowest BCUT2D eigenvalue weighted by atomic mass is 10.1. The first-order valence-corrected chi connectivity index (χ1v) is 4.66. The summed E-state index contributed by atoms with van der Waals surface area (Å²) < 4.78 is 7.47. The summed E-state index contributed by atoms with van der Waals surface area (Å²) in [5.41, 5.74) is 5.62.